The maximum Gasteiger partial charge on any atom is 2.00 e. The van der Waals surface area contributed by atoms with Crippen LogP contribution in [0, 0.1) is 6.92 Å². The van der Waals surface area contributed by atoms with Gasteiger partial charge in [-0.1, -0.05) is 4.57 Å². The van der Waals surface area contributed by atoms with E-state index in [1.165, 1.54) is 0 Å². The summed E-state index contributed by atoms with van der Waals surface area (Å²) < 4.78 is 13.3. The van der Waals surface area contributed by atoms with E-state index in [4.69, 9.17) is 19.1 Å². The summed E-state index contributed by atoms with van der Waals surface area (Å²) in [6.07, 6.45) is 1.18. The van der Waals surface area contributed by atoms with Gasteiger partial charge < -0.3 is 21.4 Å². The normalized spacial score (nSPS) is 10.3. The fourth-order valence-electron chi connectivity index (χ4n) is 0.118. The van der Waals surface area contributed by atoms with E-state index >= 15 is 0 Å². The third-order valence-corrected chi connectivity index (χ3v) is 0.809. The Hall–Kier alpha value is 0.499. The van der Waals surface area contributed by atoms with Gasteiger partial charge in [-0.3, -0.25) is 0 Å². The molecule has 11 heavy (non-hydrogen) atoms. The van der Waals surface area contributed by atoms with Crippen LogP contribution in [0.15, 0.2) is 0 Å². The first-order valence-electron chi connectivity index (χ1n) is 2.68. The van der Waals surface area contributed by atoms with Gasteiger partial charge in [0.05, 0.1) is 0 Å². The van der Waals surface area contributed by atoms with Crippen molar-refractivity contribution in [3.63, 3.8) is 0 Å². The predicted molar refractivity (Wildman–Crippen MR) is 34.1 cm³/mol. The number of methoxy groups -OCH3 is 1. The monoisotopic (exact) mass is 229 g/mol. The second kappa shape index (κ2) is 13.1. The zero-order valence-corrected chi connectivity index (χ0v) is 8.21. The predicted octanol–water partition coefficient (Wildman–Crippen LogP) is -0.393. The standard InChI is InChI=1S/C5H11O.Cu.HO3P/c1-4-5(2)6-3;;1-4(2)3/h5H,1,4H2,2-3H3;;(H,1,2,3)/q-1;+2;/p-1. The van der Waals surface area contributed by atoms with Crippen molar-refractivity contribution in [3.8, 4) is 0 Å². The van der Waals surface area contributed by atoms with Gasteiger partial charge in [0.25, 0.3) is 8.25 Å². The summed E-state index contributed by atoms with van der Waals surface area (Å²) in [5.41, 5.74) is 0. The molecule has 0 spiro atoms. The number of hydrogen-bond acceptors (Lipinski definition) is 4. The summed E-state index contributed by atoms with van der Waals surface area (Å²) in [5.74, 6) is 0. The maximum atomic E-state index is 8.48. The van der Waals surface area contributed by atoms with Gasteiger partial charge >= 0.3 is 17.1 Å². The summed E-state index contributed by atoms with van der Waals surface area (Å²) in [7, 11) is -1.68. The summed E-state index contributed by atoms with van der Waals surface area (Å²) in [4.78, 5) is 17.0. The van der Waals surface area contributed by atoms with Crippen molar-refractivity contribution in [2.45, 2.75) is 19.4 Å². The van der Waals surface area contributed by atoms with Crippen LogP contribution < -0.4 is 9.79 Å². The molecule has 71 valence electrons. The maximum absolute atomic E-state index is 8.48. The molecule has 0 fully saturated rings. The van der Waals surface area contributed by atoms with Crippen LogP contribution in [0.1, 0.15) is 13.3 Å². The Morgan fingerprint density at radius 2 is 1.91 bits per heavy atom. The molecular formula is C5H11CuO4P. The fourth-order valence-corrected chi connectivity index (χ4v) is 0.118. The molecule has 0 N–H and O–H groups in total. The van der Waals surface area contributed by atoms with Crippen LogP contribution in [0.4, 0.5) is 0 Å². The van der Waals surface area contributed by atoms with Gasteiger partial charge in [-0.05, 0) is 6.92 Å². The summed E-state index contributed by atoms with van der Waals surface area (Å²) >= 11 is 0. The molecule has 0 aliphatic heterocycles. The van der Waals surface area contributed by atoms with Crippen molar-refractivity contribution in [1.29, 1.82) is 0 Å². The fraction of sp³-hybridized carbons (Fsp3) is 0.800. The SMILES string of the molecule is O=[P+]([O-])[O-].[CH2-]CC(C)OC.[Cu+2]. The van der Waals surface area contributed by atoms with E-state index in [0.29, 0.717) is 6.10 Å². The quantitative estimate of drug-likeness (QED) is 0.367. The molecule has 1 atom stereocenters. The van der Waals surface area contributed by atoms with E-state index in [1.807, 2.05) is 6.92 Å². The van der Waals surface area contributed by atoms with E-state index in [9.17, 15) is 0 Å². The first-order chi connectivity index (χ1) is 4.54. The van der Waals surface area contributed by atoms with Gasteiger partial charge in [-0.15, -0.1) is 0 Å². The zero-order valence-electron chi connectivity index (χ0n) is 6.37. The molecule has 0 aromatic carbocycles. The van der Waals surface area contributed by atoms with E-state index in [-0.39, 0.29) is 17.1 Å². The summed E-state index contributed by atoms with van der Waals surface area (Å²) in [5, 5.41) is 0. The molecule has 4 nitrogen and oxygen atoms in total. The molecule has 0 rings (SSSR count). The molecule has 1 radical (unpaired) electrons. The largest absolute Gasteiger partial charge is 2.00 e. The van der Waals surface area contributed by atoms with Crippen molar-refractivity contribution >= 4 is 8.25 Å². The van der Waals surface area contributed by atoms with Crippen molar-refractivity contribution in [3.05, 3.63) is 6.92 Å². The molecular weight excluding hydrogens is 219 g/mol. The molecule has 0 aliphatic carbocycles. The Kier molecular flexibility index (Phi) is 20.9. The second-order valence-electron chi connectivity index (χ2n) is 1.56. The minimum atomic E-state index is -3.37. The van der Waals surface area contributed by atoms with E-state index in [2.05, 4.69) is 6.92 Å². The average molecular weight is 230 g/mol. The van der Waals surface area contributed by atoms with Gasteiger partial charge in [-0.25, -0.2) is 0 Å². The van der Waals surface area contributed by atoms with Crippen LogP contribution in [0.5, 0.6) is 0 Å². The second-order valence-corrected chi connectivity index (χ2v) is 2.01. The molecule has 0 aromatic heterocycles. The third kappa shape index (κ3) is 37.5. The third-order valence-electron chi connectivity index (χ3n) is 0.809. The molecule has 0 saturated heterocycles. The number of rotatable bonds is 2. The molecule has 0 heterocycles. The van der Waals surface area contributed by atoms with Crippen LogP contribution in [0.3, 0.4) is 0 Å². The summed E-state index contributed by atoms with van der Waals surface area (Å²) in [6, 6.07) is 0. The van der Waals surface area contributed by atoms with Crippen LogP contribution >= 0.6 is 8.25 Å². The molecule has 0 aromatic rings. The molecule has 0 bridgehead atoms. The van der Waals surface area contributed by atoms with Crippen LogP contribution in [-0.2, 0) is 26.4 Å². The van der Waals surface area contributed by atoms with Crippen LogP contribution in [0.25, 0.3) is 0 Å². The van der Waals surface area contributed by atoms with Gasteiger partial charge in [0, 0.05) is 13.2 Å². The van der Waals surface area contributed by atoms with E-state index in [1.54, 1.807) is 7.11 Å². The average Bonchev–Trinajstić information content (AvgIpc) is 1.85. The van der Waals surface area contributed by atoms with Crippen LogP contribution in [0.2, 0.25) is 0 Å². The van der Waals surface area contributed by atoms with Gasteiger partial charge in [0.2, 0.25) is 0 Å². The van der Waals surface area contributed by atoms with Crippen molar-refractivity contribution in [1.82, 2.24) is 0 Å². The molecule has 0 aliphatic rings. The van der Waals surface area contributed by atoms with Gasteiger partial charge in [0.1, 0.15) is 0 Å². The first-order valence-corrected chi connectivity index (χ1v) is 3.77. The van der Waals surface area contributed by atoms with Crippen molar-refractivity contribution < 1.29 is 36.2 Å². The Morgan fingerprint density at radius 1 is 1.64 bits per heavy atom. The minimum Gasteiger partial charge on any atom is -0.598 e. The molecule has 0 amide bonds. The van der Waals surface area contributed by atoms with E-state index < -0.39 is 8.25 Å². The van der Waals surface area contributed by atoms with E-state index in [0.717, 1.165) is 6.42 Å². The Morgan fingerprint density at radius 3 is 1.91 bits per heavy atom. The minimum absolute atomic E-state index is 0. The summed E-state index contributed by atoms with van der Waals surface area (Å²) in [6.45, 7) is 5.62. The Bertz CT molecular complexity index is 82.6. The van der Waals surface area contributed by atoms with Crippen molar-refractivity contribution in [2.24, 2.45) is 0 Å². The molecule has 6 heteroatoms. The van der Waals surface area contributed by atoms with Crippen LogP contribution in [-0.4, -0.2) is 13.2 Å². The first kappa shape index (κ1) is 17.5. The molecule has 0 saturated carbocycles. The number of ether oxygens (including phenoxy) is 1. The number of hydrogen-bond donors (Lipinski definition) is 0. The van der Waals surface area contributed by atoms with Crippen molar-refractivity contribution in [2.75, 3.05) is 7.11 Å². The zero-order chi connectivity index (χ0) is 8.57. The topological polar surface area (TPSA) is 72.4 Å². The smallest absolute Gasteiger partial charge is 0.598 e. The Labute approximate surface area is 78.4 Å². The Balaban J connectivity index is -0.000000114. The van der Waals surface area contributed by atoms with Gasteiger partial charge in [0.15, 0.2) is 0 Å². The van der Waals surface area contributed by atoms with Gasteiger partial charge in [-0.2, -0.15) is 6.42 Å². The molecule has 1 unspecified atom stereocenters.